The zero-order valence-electron chi connectivity index (χ0n) is 13.5. The summed E-state index contributed by atoms with van der Waals surface area (Å²) in [5.41, 5.74) is 0.664. The number of carbonyl (C=O) groups excluding carboxylic acids is 1. The van der Waals surface area contributed by atoms with Gasteiger partial charge in [0, 0.05) is 11.6 Å². The van der Waals surface area contributed by atoms with Crippen LogP contribution < -0.4 is 4.18 Å². The third kappa shape index (κ3) is 4.54. The molecule has 0 heterocycles. The van der Waals surface area contributed by atoms with Crippen LogP contribution in [0.2, 0.25) is 0 Å². The molecule has 0 atom stereocenters. The van der Waals surface area contributed by atoms with Gasteiger partial charge in [0.05, 0.1) is 18.5 Å². The van der Waals surface area contributed by atoms with E-state index < -0.39 is 21.0 Å². The SMILES string of the molecule is COC(=O)Cc1ccc(OS(=O)(=O)c2ccc(C)c([N+](=O)[O-])c2)cc1. The summed E-state index contributed by atoms with van der Waals surface area (Å²) in [5.74, 6) is -0.398. The number of hydrogen-bond donors (Lipinski definition) is 0. The molecule has 0 unspecified atom stereocenters. The zero-order chi connectivity index (χ0) is 18.6. The lowest BCUT2D eigenvalue weighted by molar-refractivity contribution is -0.385. The number of carbonyl (C=O) groups is 1. The lowest BCUT2D eigenvalue weighted by Crippen LogP contribution is -2.10. The largest absolute Gasteiger partial charge is 0.469 e. The molecule has 0 bridgehead atoms. The van der Waals surface area contributed by atoms with Gasteiger partial charge in [-0.15, -0.1) is 0 Å². The van der Waals surface area contributed by atoms with Crippen molar-refractivity contribution in [3.63, 3.8) is 0 Å². The average molecular weight is 365 g/mol. The first-order valence-electron chi connectivity index (χ1n) is 7.08. The minimum atomic E-state index is -4.22. The van der Waals surface area contributed by atoms with E-state index in [4.69, 9.17) is 4.18 Å². The summed E-state index contributed by atoms with van der Waals surface area (Å²) in [6.07, 6.45) is 0.0493. The molecule has 2 rings (SSSR count). The highest BCUT2D eigenvalue weighted by Gasteiger charge is 2.21. The second-order valence-corrected chi connectivity index (χ2v) is 6.69. The highest BCUT2D eigenvalue weighted by molar-refractivity contribution is 7.87. The van der Waals surface area contributed by atoms with Crippen molar-refractivity contribution in [1.82, 2.24) is 0 Å². The number of ether oxygens (including phenoxy) is 1. The molecule has 9 heteroatoms. The number of methoxy groups -OCH3 is 1. The molecule has 0 saturated carbocycles. The maximum Gasteiger partial charge on any atom is 0.339 e. The Labute approximate surface area is 144 Å². The first-order valence-corrected chi connectivity index (χ1v) is 8.49. The van der Waals surface area contributed by atoms with Crippen LogP contribution in [0.5, 0.6) is 5.75 Å². The maximum absolute atomic E-state index is 12.3. The van der Waals surface area contributed by atoms with Crippen LogP contribution in [0.4, 0.5) is 5.69 Å². The van der Waals surface area contributed by atoms with Gasteiger partial charge in [0.2, 0.25) is 0 Å². The quantitative estimate of drug-likeness (QED) is 0.334. The maximum atomic E-state index is 12.3. The third-order valence-electron chi connectivity index (χ3n) is 3.37. The second kappa shape index (κ2) is 7.31. The Morgan fingerprint density at radius 3 is 2.36 bits per heavy atom. The van der Waals surface area contributed by atoms with Gasteiger partial charge in [-0.2, -0.15) is 8.42 Å². The van der Waals surface area contributed by atoms with Crippen molar-refractivity contribution in [3.05, 3.63) is 63.7 Å². The average Bonchev–Trinajstić information content (AvgIpc) is 2.56. The van der Waals surface area contributed by atoms with Crippen LogP contribution in [0.15, 0.2) is 47.4 Å². The molecule has 0 amide bonds. The molecule has 0 N–H and O–H groups in total. The summed E-state index contributed by atoms with van der Waals surface area (Å²) in [6, 6.07) is 9.36. The summed E-state index contributed by atoms with van der Waals surface area (Å²) >= 11 is 0. The minimum absolute atomic E-state index is 0.0249. The minimum Gasteiger partial charge on any atom is -0.469 e. The fourth-order valence-electron chi connectivity index (χ4n) is 2.02. The fourth-order valence-corrected chi connectivity index (χ4v) is 2.97. The zero-order valence-corrected chi connectivity index (χ0v) is 14.3. The van der Waals surface area contributed by atoms with Gasteiger partial charge in [0.15, 0.2) is 0 Å². The molecule has 8 nitrogen and oxygen atoms in total. The highest BCUT2D eigenvalue weighted by atomic mass is 32.2. The molecular formula is C16H15NO7S. The summed E-state index contributed by atoms with van der Waals surface area (Å²) in [5, 5.41) is 10.9. The van der Waals surface area contributed by atoms with E-state index in [9.17, 15) is 23.3 Å². The van der Waals surface area contributed by atoms with Crippen molar-refractivity contribution in [1.29, 1.82) is 0 Å². The van der Waals surface area contributed by atoms with Crippen molar-refractivity contribution in [3.8, 4) is 5.75 Å². The molecule has 0 aromatic heterocycles. The van der Waals surface area contributed by atoms with E-state index in [2.05, 4.69) is 4.74 Å². The van der Waals surface area contributed by atoms with Crippen LogP contribution in [0.1, 0.15) is 11.1 Å². The van der Waals surface area contributed by atoms with Crippen molar-refractivity contribution < 1.29 is 27.1 Å². The van der Waals surface area contributed by atoms with Crippen LogP contribution >= 0.6 is 0 Å². The van der Waals surface area contributed by atoms with Crippen LogP contribution in [-0.4, -0.2) is 26.4 Å². The molecule has 0 aliphatic heterocycles. The predicted octanol–water partition coefficient (Wildman–Crippen LogP) is 2.39. The van der Waals surface area contributed by atoms with E-state index in [1.54, 1.807) is 0 Å². The van der Waals surface area contributed by atoms with Gasteiger partial charge in [-0.25, -0.2) is 0 Å². The van der Waals surface area contributed by atoms with Gasteiger partial charge in [0.25, 0.3) is 5.69 Å². The third-order valence-corrected chi connectivity index (χ3v) is 4.61. The number of nitro groups is 1. The number of aryl methyl sites for hydroxylation is 1. The summed E-state index contributed by atoms with van der Waals surface area (Å²) in [6.45, 7) is 1.51. The predicted molar refractivity (Wildman–Crippen MR) is 87.8 cm³/mol. The van der Waals surface area contributed by atoms with Crippen molar-refractivity contribution >= 4 is 21.8 Å². The summed E-state index contributed by atoms with van der Waals surface area (Å²) in [7, 11) is -2.95. The lowest BCUT2D eigenvalue weighted by Gasteiger charge is -2.08. The van der Waals surface area contributed by atoms with E-state index in [0.29, 0.717) is 11.1 Å². The standard InChI is InChI=1S/C16H15NO7S/c1-11-3-8-14(10-15(11)17(19)20)25(21,22)24-13-6-4-12(5-7-13)9-16(18)23-2/h3-8,10H,9H2,1-2H3. The number of hydrogen-bond acceptors (Lipinski definition) is 7. The van der Waals surface area contributed by atoms with Gasteiger partial charge in [0.1, 0.15) is 10.6 Å². The van der Waals surface area contributed by atoms with Crippen molar-refractivity contribution in [2.75, 3.05) is 7.11 Å². The molecule has 0 radical (unpaired) electrons. The molecule has 2 aromatic carbocycles. The molecule has 0 spiro atoms. The van der Waals surface area contributed by atoms with Gasteiger partial charge in [-0.1, -0.05) is 18.2 Å². The molecule has 0 aliphatic rings. The summed E-state index contributed by atoms with van der Waals surface area (Å²) < 4.78 is 34.1. The van der Waals surface area contributed by atoms with Crippen LogP contribution in [0.25, 0.3) is 0 Å². The Kier molecular flexibility index (Phi) is 5.38. The Balaban J connectivity index is 2.23. The molecule has 132 valence electrons. The molecule has 0 saturated heterocycles. The van der Waals surface area contributed by atoms with E-state index >= 15 is 0 Å². The Bertz CT molecular complexity index is 905. The highest BCUT2D eigenvalue weighted by Crippen LogP contribution is 2.25. The first kappa shape index (κ1) is 18.4. The van der Waals surface area contributed by atoms with Crippen molar-refractivity contribution in [2.45, 2.75) is 18.2 Å². The Morgan fingerprint density at radius 2 is 1.80 bits per heavy atom. The molecule has 25 heavy (non-hydrogen) atoms. The normalized spacial score (nSPS) is 11.0. The van der Waals surface area contributed by atoms with E-state index in [1.165, 1.54) is 50.4 Å². The fraction of sp³-hybridized carbons (Fsp3) is 0.188. The topological polar surface area (TPSA) is 113 Å². The number of benzene rings is 2. The monoisotopic (exact) mass is 365 g/mol. The molecule has 0 fully saturated rings. The molecular weight excluding hydrogens is 350 g/mol. The second-order valence-electron chi connectivity index (χ2n) is 5.14. The van der Waals surface area contributed by atoms with Gasteiger partial charge < -0.3 is 8.92 Å². The molecule has 0 aliphatic carbocycles. The number of rotatable bonds is 6. The van der Waals surface area contributed by atoms with Gasteiger partial charge in [-0.05, 0) is 30.7 Å². The number of nitrogens with zero attached hydrogens (tertiary/aromatic N) is 1. The Morgan fingerprint density at radius 1 is 1.16 bits per heavy atom. The van der Waals surface area contributed by atoms with E-state index in [1.807, 2.05) is 0 Å². The Hall–Kier alpha value is -2.94. The number of esters is 1. The smallest absolute Gasteiger partial charge is 0.339 e. The van der Waals surface area contributed by atoms with Crippen LogP contribution in [-0.2, 0) is 26.1 Å². The van der Waals surface area contributed by atoms with Crippen LogP contribution in [0, 0.1) is 17.0 Å². The van der Waals surface area contributed by atoms with E-state index in [-0.39, 0.29) is 22.8 Å². The van der Waals surface area contributed by atoms with Crippen LogP contribution in [0.3, 0.4) is 0 Å². The van der Waals surface area contributed by atoms with Gasteiger partial charge >= 0.3 is 16.1 Å². The van der Waals surface area contributed by atoms with E-state index in [0.717, 1.165) is 6.07 Å². The first-order chi connectivity index (χ1) is 11.7. The molecule has 2 aromatic rings. The van der Waals surface area contributed by atoms with Gasteiger partial charge in [-0.3, -0.25) is 14.9 Å². The van der Waals surface area contributed by atoms with Crippen molar-refractivity contribution in [2.24, 2.45) is 0 Å². The number of nitro benzene ring substituents is 1. The summed E-state index contributed by atoms with van der Waals surface area (Å²) in [4.78, 5) is 21.2. The lowest BCUT2D eigenvalue weighted by atomic mass is 10.1.